The molecule has 3 aromatic carbocycles. The van der Waals surface area contributed by atoms with Gasteiger partial charge in [-0.1, -0.05) is 65.7 Å². The van der Waals surface area contributed by atoms with E-state index in [9.17, 15) is 14.4 Å². The molecule has 0 saturated carbocycles. The molecule has 1 saturated heterocycles. The molecule has 2 amide bonds. The largest absolute Gasteiger partial charge is 0.434 e. The van der Waals surface area contributed by atoms with Gasteiger partial charge in [-0.3, -0.25) is 14.4 Å². The summed E-state index contributed by atoms with van der Waals surface area (Å²) in [6, 6.07) is 20.6. The fraction of sp³-hybridized carbons (Fsp3) is 0.333. The van der Waals surface area contributed by atoms with Gasteiger partial charge in [-0.05, 0) is 67.3 Å². The molecular weight excluding hydrogens is 603 g/mol. The highest BCUT2D eigenvalue weighted by molar-refractivity contribution is 6.31. The lowest BCUT2D eigenvalue weighted by Crippen LogP contribution is -2.47. The van der Waals surface area contributed by atoms with Crippen LogP contribution in [-0.2, 0) is 27.4 Å². The maximum atomic E-state index is 13.8. The van der Waals surface area contributed by atoms with Gasteiger partial charge in [-0.15, -0.1) is 0 Å². The minimum atomic E-state index is -0.882. The molecule has 11 heteroatoms. The molecule has 1 aliphatic heterocycles. The van der Waals surface area contributed by atoms with Gasteiger partial charge < -0.3 is 25.1 Å². The molecule has 0 spiro atoms. The molecule has 0 radical (unpaired) electrons. The lowest BCUT2D eigenvalue weighted by Gasteiger charge is -2.22. The van der Waals surface area contributed by atoms with Crippen molar-refractivity contribution in [3.63, 3.8) is 0 Å². The molecule has 3 atom stereocenters. The number of ketones is 1. The molecule has 3 N–H and O–H groups in total. The monoisotopic (exact) mass is 636 g/mol. The zero-order chi connectivity index (χ0) is 31.1. The third kappa shape index (κ3) is 7.84. The second kappa shape index (κ2) is 14.8. The molecule has 4 aromatic rings. The van der Waals surface area contributed by atoms with Gasteiger partial charge in [-0.2, -0.15) is 0 Å². The number of carbonyl (C=O) groups is 3. The number of fused-ring (bicyclic) bond motifs is 1. The standard InChI is InChI=1S/C33H34Cl2N4O5/c34-23-14-12-21(13-15-23)20-43-29-19-39(30(40)17-22-7-1-2-8-25(22)35)18-24(29)32(42)37-27(10-5-6-16-36)31(41)33-38-26-9-3-4-11-28(26)44-33/h1-4,7-9,11-15,24,27,29H,5-6,10,16-20,36H2,(H,37,42)/t24-,27-,29-/m0/s1. The van der Waals surface area contributed by atoms with E-state index in [1.807, 2.05) is 24.3 Å². The van der Waals surface area contributed by atoms with Crippen molar-refractivity contribution in [2.24, 2.45) is 11.7 Å². The van der Waals surface area contributed by atoms with Gasteiger partial charge in [0.1, 0.15) is 5.52 Å². The summed E-state index contributed by atoms with van der Waals surface area (Å²) in [4.78, 5) is 46.7. The van der Waals surface area contributed by atoms with E-state index in [1.54, 1.807) is 53.4 Å². The average molecular weight is 638 g/mol. The van der Waals surface area contributed by atoms with Crippen LogP contribution in [0.5, 0.6) is 0 Å². The number of nitrogens with one attached hydrogen (secondary N) is 1. The van der Waals surface area contributed by atoms with Crippen molar-refractivity contribution in [3.05, 3.63) is 99.9 Å². The Morgan fingerprint density at radius 1 is 1.00 bits per heavy atom. The van der Waals surface area contributed by atoms with Crippen LogP contribution in [0.4, 0.5) is 0 Å². The van der Waals surface area contributed by atoms with E-state index in [1.165, 1.54) is 0 Å². The summed E-state index contributed by atoms with van der Waals surface area (Å²) in [6.45, 7) is 1.03. The molecule has 2 heterocycles. The Morgan fingerprint density at radius 2 is 1.75 bits per heavy atom. The summed E-state index contributed by atoms with van der Waals surface area (Å²) >= 11 is 12.3. The first kappa shape index (κ1) is 31.7. The Kier molecular flexibility index (Phi) is 10.7. The zero-order valence-corrected chi connectivity index (χ0v) is 25.6. The number of oxazole rings is 1. The van der Waals surface area contributed by atoms with Crippen molar-refractivity contribution >= 4 is 51.9 Å². The Balaban J connectivity index is 1.33. The number of Topliss-reactive ketones (excluding diaryl/α,β-unsaturated/α-hetero) is 1. The van der Waals surface area contributed by atoms with Crippen molar-refractivity contribution < 1.29 is 23.5 Å². The lowest BCUT2D eigenvalue weighted by atomic mass is 10.0. The zero-order valence-electron chi connectivity index (χ0n) is 24.1. The molecule has 1 aromatic heterocycles. The van der Waals surface area contributed by atoms with Crippen LogP contribution in [0.1, 0.15) is 41.1 Å². The highest BCUT2D eigenvalue weighted by Crippen LogP contribution is 2.25. The van der Waals surface area contributed by atoms with Gasteiger partial charge >= 0.3 is 0 Å². The molecule has 0 unspecified atom stereocenters. The number of benzene rings is 3. The summed E-state index contributed by atoms with van der Waals surface area (Å²) in [7, 11) is 0. The van der Waals surface area contributed by atoms with Gasteiger partial charge in [0.15, 0.2) is 5.58 Å². The molecular formula is C33H34Cl2N4O5. The van der Waals surface area contributed by atoms with Gasteiger partial charge in [0.05, 0.1) is 31.1 Å². The number of halogens is 2. The third-order valence-electron chi connectivity index (χ3n) is 7.72. The first-order chi connectivity index (χ1) is 21.3. The number of unbranched alkanes of at least 4 members (excludes halogenated alkanes) is 1. The van der Waals surface area contributed by atoms with Crippen LogP contribution in [-0.4, -0.2) is 59.3 Å². The second-order valence-electron chi connectivity index (χ2n) is 10.8. The lowest BCUT2D eigenvalue weighted by molar-refractivity contribution is -0.130. The van der Waals surface area contributed by atoms with E-state index in [-0.39, 0.29) is 43.8 Å². The summed E-state index contributed by atoms with van der Waals surface area (Å²) in [5.74, 6) is -1.76. The van der Waals surface area contributed by atoms with E-state index in [0.29, 0.717) is 52.5 Å². The maximum absolute atomic E-state index is 13.8. The Labute approximate surface area is 265 Å². The number of nitrogens with two attached hydrogens (primary N) is 1. The number of nitrogens with zero attached hydrogens (tertiary/aromatic N) is 2. The van der Waals surface area contributed by atoms with Crippen molar-refractivity contribution in [3.8, 4) is 0 Å². The van der Waals surface area contributed by atoms with Crippen molar-refractivity contribution in [1.82, 2.24) is 15.2 Å². The maximum Gasteiger partial charge on any atom is 0.266 e. The summed E-state index contributed by atoms with van der Waals surface area (Å²) in [5, 5.41) is 4.04. The number of para-hydroxylation sites is 2. The fourth-order valence-electron chi connectivity index (χ4n) is 5.27. The Morgan fingerprint density at radius 3 is 2.50 bits per heavy atom. The minimum absolute atomic E-state index is 0.0669. The van der Waals surface area contributed by atoms with Crippen LogP contribution in [0, 0.1) is 5.92 Å². The van der Waals surface area contributed by atoms with Crippen molar-refractivity contribution in [1.29, 1.82) is 0 Å². The van der Waals surface area contributed by atoms with Crippen LogP contribution < -0.4 is 11.1 Å². The number of carbonyl (C=O) groups excluding carboxylic acids is 3. The average Bonchev–Trinajstić information content (AvgIpc) is 3.66. The highest BCUT2D eigenvalue weighted by Gasteiger charge is 2.41. The van der Waals surface area contributed by atoms with E-state index in [0.717, 1.165) is 5.56 Å². The Bertz CT molecular complexity index is 1580. The highest BCUT2D eigenvalue weighted by atomic mass is 35.5. The predicted octanol–water partition coefficient (Wildman–Crippen LogP) is 5.22. The van der Waals surface area contributed by atoms with Gasteiger partial charge in [0.25, 0.3) is 5.89 Å². The molecule has 44 heavy (non-hydrogen) atoms. The normalized spacial score (nSPS) is 17.1. The molecule has 9 nitrogen and oxygen atoms in total. The second-order valence-corrected chi connectivity index (χ2v) is 11.7. The fourth-order valence-corrected chi connectivity index (χ4v) is 5.59. The topological polar surface area (TPSA) is 128 Å². The number of hydrogen-bond acceptors (Lipinski definition) is 7. The molecule has 5 rings (SSSR count). The molecule has 1 aliphatic rings. The predicted molar refractivity (Wildman–Crippen MR) is 168 cm³/mol. The number of aromatic nitrogens is 1. The third-order valence-corrected chi connectivity index (χ3v) is 8.34. The van der Waals surface area contributed by atoms with E-state index >= 15 is 0 Å². The van der Waals surface area contributed by atoms with E-state index in [4.69, 9.17) is 38.1 Å². The number of hydrogen-bond donors (Lipinski definition) is 2. The molecule has 1 fully saturated rings. The molecule has 0 aliphatic carbocycles. The van der Waals surface area contributed by atoms with Crippen molar-refractivity contribution in [2.75, 3.05) is 19.6 Å². The first-order valence-electron chi connectivity index (χ1n) is 14.6. The van der Waals surface area contributed by atoms with Crippen LogP contribution in [0.3, 0.4) is 0 Å². The smallest absolute Gasteiger partial charge is 0.266 e. The quantitative estimate of drug-likeness (QED) is 0.152. The Hall–Kier alpha value is -3.76. The van der Waals surface area contributed by atoms with Crippen LogP contribution >= 0.6 is 23.2 Å². The summed E-state index contributed by atoms with van der Waals surface area (Å²) in [5.41, 5.74) is 8.32. The van der Waals surface area contributed by atoms with Crippen LogP contribution in [0.25, 0.3) is 11.1 Å². The number of ether oxygens (including phenoxy) is 1. The van der Waals surface area contributed by atoms with Gasteiger partial charge in [0.2, 0.25) is 17.6 Å². The number of likely N-dealkylation sites (tertiary alicyclic amines) is 1. The number of amides is 2. The number of rotatable bonds is 13. The van der Waals surface area contributed by atoms with Crippen LogP contribution in [0.15, 0.2) is 77.2 Å². The molecule has 230 valence electrons. The SMILES string of the molecule is NCCCC[C@H](NC(=O)[C@H]1CN(C(=O)Cc2ccccc2Cl)C[C@@H]1OCc1ccc(Cl)cc1)C(=O)c1nc2ccccc2o1. The first-order valence-corrected chi connectivity index (χ1v) is 15.4. The molecule has 0 bridgehead atoms. The summed E-state index contributed by atoms with van der Waals surface area (Å²) in [6.07, 6.45) is 1.16. The minimum Gasteiger partial charge on any atom is -0.434 e. The van der Waals surface area contributed by atoms with Gasteiger partial charge in [0, 0.05) is 23.1 Å². The van der Waals surface area contributed by atoms with E-state index in [2.05, 4.69) is 10.3 Å². The summed E-state index contributed by atoms with van der Waals surface area (Å²) < 4.78 is 11.9. The van der Waals surface area contributed by atoms with Crippen LogP contribution in [0.2, 0.25) is 10.0 Å². The van der Waals surface area contributed by atoms with Crippen molar-refractivity contribution in [2.45, 2.75) is 44.4 Å². The van der Waals surface area contributed by atoms with E-state index < -0.39 is 23.8 Å². The van der Waals surface area contributed by atoms with Gasteiger partial charge in [-0.25, -0.2) is 4.98 Å².